The Kier molecular flexibility index (Phi) is 3.42. The third-order valence-electron chi connectivity index (χ3n) is 2.50. The topological polar surface area (TPSA) is 38.7 Å². The van der Waals surface area contributed by atoms with Gasteiger partial charge in [-0.1, -0.05) is 12.1 Å². The molecule has 2 heterocycles. The number of hydrogen-bond acceptors (Lipinski definition) is 3. The van der Waals surface area contributed by atoms with Crippen LogP contribution in [-0.2, 0) is 0 Å². The molecule has 1 aromatic carbocycles. The van der Waals surface area contributed by atoms with Crippen LogP contribution in [0.1, 0.15) is 0 Å². The van der Waals surface area contributed by atoms with Gasteiger partial charge in [-0.15, -0.1) is 0 Å². The van der Waals surface area contributed by atoms with Crippen LogP contribution in [0.4, 0.5) is 0 Å². The van der Waals surface area contributed by atoms with Gasteiger partial charge in [0, 0.05) is 30.5 Å². The quantitative estimate of drug-likeness (QED) is 0.519. The summed E-state index contributed by atoms with van der Waals surface area (Å²) in [7, 11) is 0. The lowest BCUT2D eigenvalue weighted by molar-refractivity contribution is 1.18. The van der Waals surface area contributed by atoms with Gasteiger partial charge >= 0.3 is 0 Å². The number of fused-ring (bicyclic) bond motifs is 1. The second-order valence-corrected chi connectivity index (χ2v) is 6.26. The predicted molar refractivity (Wildman–Crippen MR) is 88.2 cm³/mol. The molecule has 0 atom stereocenters. The number of hydrogen-bond donors (Lipinski definition) is 0. The smallest absolute Gasteiger partial charge is 0.163 e. The maximum atomic E-state index is 4.49. The van der Waals surface area contributed by atoms with E-state index in [4.69, 9.17) is 0 Å². The second-order valence-electron chi connectivity index (χ2n) is 3.77. The number of nitrogens with zero attached hydrogens (tertiary/aromatic N) is 3. The molecule has 88 valence electrons. The summed E-state index contributed by atoms with van der Waals surface area (Å²) in [5, 5.41) is 0.969. The highest BCUT2D eigenvalue weighted by atomic mass is 127. The first kappa shape index (κ1) is 12.2. The maximum Gasteiger partial charge on any atom is 0.163 e. The molecular formula is C13H7I2N3. The van der Waals surface area contributed by atoms with Crippen LogP contribution in [0, 0.1) is 7.14 Å². The van der Waals surface area contributed by atoms with Gasteiger partial charge in [0.05, 0.1) is 0 Å². The van der Waals surface area contributed by atoms with Gasteiger partial charge in [0.2, 0.25) is 0 Å². The van der Waals surface area contributed by atoms with Crippen molar-refractivity contribution in [1.82, 2.24) is 15.0 Å². The fraction of sp³-hybridized carbons (Fsp3) is 0. The zero-order chi connectivity index (χ0) is 12.5. The molecule has 0 fully saturated rings. The van der Waals surface area contributed by atoms with E-state index in [1.165, 1.54) is 3.57 Å². The molecule has 0 N–H and O–H groups in total. The normalized spacial score (nSPS) is 10.8. The molecule has 3 rings (SSSR count). The first-order valence-corrected chi connectivity index (χ1v) is 7.42. The fourth-order valence-corrected chi connectivity index (χ4v) is 2.47. The molecule has 3 aromatic rings. The third-order valence-corrected chi connectivity index (χ3v) is 3.81. The highest BCUT2D eigenvalue weighted by Gasteiger charge is 2.04. The fourth-order valence-electron chi connectivity index (χ4n) is 1.63. The van der Waals surface area contributed by atoms with Crippen molar-refractivity contribution in [3.8, 4) is 11.4 Å². The summed E-state index contributed by atoms with van der Waals surface area (Å²) in [5.74, 6) is 0.715. The number of pyridine rings is 1. The molecule has 18 heavy (non-hydrogen) atoms. The molecule has 0 bridgehead atoms. The van der Waals surface area contributed by atoms with Crippen molar-refractivity contribution in [3.63, 3.8) is 0 Å². The van der Waals surface area contributed by atoms with Crippen LogP contribution in [0.3, 0.4) is 0 Å². The Morgan fingerprint density at radius 1 is 0.833 bits per heavy atom. The summed E-state index contributed by atoms with van der Waals surface area (Å²) in [6, 6.07) is 10.2. The van der Waals surface area contributed by atoms with Crippen LogP contribution in [0.5, 0.6) is 0 Å². The molecule has 0 radical (unpaired) electrons. The Balaban J connectivity index is 2.13. The van der Waals surface area contributed by atoms with Gasteiger partial charge < -0.3 is 0 Å². The van der Waals surface area contributed by atoms with E-state index >= 15 is 0 Å². The van der Waals surface area contributed by atoms with Gasteiger partial charge in [0.15, 0.2) is 11.5 Å². The molecule has 3 nitrogen and oxygen atoms in total. The second kappa shape index (κ2) is 5.04. The van der Waals surface area contributed by atoms with Crippen molar-refractivity contribution < 1.29 is 0 Å². The largest absolute Gasteiger partial charge is 0.236 e. The Hall–Kier alpha value is -0.830. The lowest BCUT2D eigenvalue weighted by Crippen LogP contribution is -1.92. The van der Waals surface area contributed by atoms with Crippen LogP contribution in [0.15, 0.2) is 42.7 Å². The summed E-state index contributed by atoms with van der Waals surface area (Å²) >= 11 is 4.51. The van der Waals surface area contributed by atoms with Crippen LogP contribution in [0.25, 0.3) is 22.4 Å². The van der Waals surface area contributed by atoms with E-state index in [9.17, 15) is 0 Å². The zero-order valence-electron chi connectivity index (χ0n) is 9.14. The monoisotopic (exact) mass is 459 g/mol. The van der Waals surface area contributed by atoms with Gasteiger partial charge in [0.1, 0.15) is 0 Å². The Morgan fingerprint density at radius 3 is 2.39 bits per heavy atom. The van der Waals surface area contributed by atoms with Crippen LogP contribution in [0.2, 0.25) is 0 Å². The molecule has 0 saturated carbocycles. The molecule has 0 unspecified atom stereocenters. The minimum Gasteiger partial charge on any atom is -0.236 e. The third kappa shape index (κ3) is 2.46. The van der Waals surface area contributed by atoms with Gasteiger partial charge in [-0.3, -0.25) is 0 Å². The van der Waals surface area contributed by atoms with Gasteiger partial charge in [0.25, 0.3) is 0 Å². The van der Waals surface area contributed by atoms with Crippen molar-refractivity contribution in [2.75, 3.05) is 0 Å². The summed E-state index contributed by atoms with van der Waals surface area (Å²) in [5.41, 5.74) is 1.75. The summed E-state index contributed by atoms with van der Waals surface area (Å²) in [6.07, 6.45) is 3.64. The van der Waals surface area contributed by atoms with Crippen LogP contribution >= 0.6 is 45.2 Å². The van der Waals surface area contributed by atoms with E-state index in [1.807, 2.05) is 42.7 Å². The average molecular weight is 459 g/mol. The van der Waals surface area contributed by atoms with E-state index in [1.54, 1.807) is 0 Å². The van der Waals surface area contributed by atoms with E-state index in [0.29, 0.717) is 5.82 Å². The predicted octanol–water partition coefficient (Wildman–Crippen LogP) is 3.90. The molecule has 5 heteroatoms. The maximum absolute atomic E-state index is 4.49. The first-order chi connectivity index (χ1) is 8.72. The highest BCUT2D eigenvalue weighted by molar-refractivity contribution is 14.1. The Labute approximate surface area is 131 Å². The summed E-state index contributed by atoms with van der Waals surface area (Å²) in [6.45, 7) is 0. The SMILES string of the molecule is Ic1ccc(-c2ncc3cc(I)cnc3n2)cc1. The van der Waals surface area contributed by atoms with E-state index in [-0.39, 0.29) is 0 Å². The van der Waals surface area contributed by atoms with Crippen molar-refractivity contribution >= 4 is 56.2 Å². The minimum absolute atomic E-state index is 0.715. The van der Waals surface area contributed by atoms with Crippen LogP contribution in [-0.4, -0.2) is 15.0 Å². The summed E-state index contributed by atoms with van der Waals surface area (Å²) < 4.78 is 2.29. The Morgan fingerprint density at radius 2 is 1.61 bits per heavy atom. The molecule has 0 aliphatic heterocycles. The van der Waals surface area contributed by atoms with Crippen molar-refractivity contribution in [1.29, 1.82) is 0 Å². The van der Waals surface area contributed by atoms with Gasteiger partial charge in [-0.2, -0.15) is 0 Å². The first-order valence-electron chi connectivity index (χ1n) is 5.26. The van der Waals surface area contributed by atoms with E-state index < -0.39 is 0 Å². The molecular weight excluding hydrogens is 452 g/mol. The Bertz CT molecular complexity index is 711. The summed E-state index contributed by atoms with van der Waals surface area (Å²) in [4.78, 5) is 13.2. The van der Waals surface area contributed by atoms with Crippen molar-refractivity contribution in [2.45, 2.75) is 0 Å². The number of benzene rings is 1. The van der Waals surface area contributed by atoms with Crippen molar-refractivity contribution in [2.24, 2.45) is 0 Å². The molecule has 0 saturated heterocycles. The molecule has 0 aliphatic carbocycles. The van der Waals surface area contributed by atoms with E-state index in [2.05, 4.69) is 60.1 Å². The van der Waals surface area contributed by atoms with Crippen molar-refractivity contribution in [3.05, 3.63) is 49.9 Å². The molecule has 0 amide bonds. The standard InChI is InChI=1S/C13H7I2N3/c14-10-3-1-8(2-4-10)12-16-6-9-5-11(15)7-17-13(9)18-12/h1-7H. The molecule has 2 aromatic heterocycles. The lowest BCUT2D eigenvalue weighted by Gasteiger charge is -2.02. The average Bonchev–Trinajstić information content (AvgIpc) is 2.39. The van der Waals surface area contributed by atoms with E-state index in [0.717, 1.165) is 20.2 Å². The lowest BCUT2D eigenvalue weighted by atomic mass is 10.2. The number of rotatable bonds is 1. The zero-order valence-corrected chi connectivity index (χ0v) is 13.5. The number of aromatic nitrogens is 3. The number of halogens is 2. The van der Waals surface area contributed by atoms with Crippen LogP contribution < -0.4 is 0 Å². The minimum atomic E-state index is 0.715. The highest BCUT2D eigenvalue weighted by Crippen LogP contribution is 2.19. The molecule has 0 aliphatic rings. The molecule has 0 spiro atoms. The van der Waals surface area contributed by atoms with Gasteiger partial charge in [-0.25, -0.2) is 15.0 Å². The van der Waals surface area contributed by atoms with Gasteiger partial charge in [-0.05, 0) is 63.4 Å².